The van der Waals surface area contributed by atoms with E-state index >= 15 is 0 Å². The highest BCUT2D eigenvalue weighted by Gasteiger charge is 2.42. The second-order valence-electron chi connectivity index (χ2n) is 6.78. The summed E-state index contributed by atoms with van der Waals surface area (Å²) < 4.78 is 0. The van der Waals surface area contributed by atoms with Crippen LogP contribution in [-0.2, 0) is 10.8 Å². The zero-order valence-corrected chi connectivity index (χ0v) is 11.9. The number of hydrogen-bond donors (Lipinski definition) is 1. The maximum absolute atomic E-state index is 11.1. The number of fused-ring (bicyclic) bond motifs is 1. The Morgan fingerprint density at radius 1 is 1.22 bits per heavy atom. The molecule has 0 saturated heterocycles. The number of benzene rings is 1. The molecule has 0 spiro atoms. The summed E-state index contributed by atoms with van der Waals surface area (Å²) >= 11 is 0. The summed E-state index contributed by atoms with van der Waals surface area (Å²) in [7, 11) is 0. The molecule has 1 aromatic carbocycles. The Bertz CT molecular complexity index is 498. The lowest BCUT2D eigenvalue weighted by molar-refractivity contribution is 0.0696. The Balaban J connectivity index is 2.68. The molecule has 0 saturated carbocycles. The van der Waals surface area contributed by atoms with Crippen molar-refractivity contribution < 1.29 is 9.90 Å². The quantitative estimate of drug-likeness (QED) is 0.813. The van der Waals surface area contributed by atoms with E-state index in [0.29, 0.717) is 11.5 Å². The van der Waals surface area contributed by atoms with Crippen molar-refractivity contribution in [2.24, 2.45) is 5.92 Å². The number of aromatic carboxylic acids is 1. The lowest BCUT2D eigenvalue weighted by Crippen LogP contribution is -2.40. The summed E-state index contributed by atoms with van der Waals surface area (Å²) in [6, 6.07) is 5.61. The zero-order valence-electron chi connectivity index (χ0n) is 11.9. The van der Waals surface area contributed by atoms with Gasteiger partial charge in [0, 0.05) is 0 Å². The fourth-order valence-corrected chi connectivity index (χ4v) is 3.20. The summed E-state index contributed by atoms with van der Waals surface area (Å²) in [6.07, 6.45) is 1.14. The van der Waals surface area contributed by atoms with Crippen molar-refractivity contribution in [3.63, 3.8) is 0 Å². The Kier molecular flexibility index (Phi) is 2.80. The molecule has 1 atom stereocenters. The van der Waals surface area contributed by atoms with Gasteiger partial charge in [0.1, 0.15) is 0 Å². The highest BCUT2D eigenvalue weighted by Crippen LogP contribution is 2.49. The molecule has 1 N–H and O–H groups in total. The van der Waals surface area contributed by atoms with Crippen LogP contribution in [-0.4, -0.2) is 11.1 Å². The third kappa shape index (κ3) is 1.84. The summed E-state index contributed by atoms with van der Waals surface area (Å²) in [4.78, 5) is 11.1. The van der Waals surface area contributed by atoms with Gasteiger partial charge in [-0.3, -0.25) is 0 Å². The van der Waals surface area contributed by atoms with Gasteiger partial charge >= 0.3 is 5.97 Å². The minimum atomic E-state index is -0.843. The maximum Gasteiger partial charge on any atom is 0.335 e. The number of carboxylic acid groups (broad SMARTS) is 1. The Hall–Kier alpha value is -1.31. The molecule has 98 valence electrons. The van der Waals surface area contributed by atoms with Crippen molar-refractivity contribution >= 4 is 5.97 Å². The summed E-state index contributed by atoms with van der Waals surface area (Å²) in [5.41, 5.74) is 3.06. The monoisotopic (exact) mass is 246 g/mol. The van der Waals surface area contributed by atoms with E-state index in [2.05, 4.69) is 34.6 Å². The molecule has 1 aliphatic rings. The zero-order chi connectivity index (χ0) is 13.7. The van der Waals surface area contributed by atoms with E-state index in [-0.39, 0.29) is 10.8 Å². The first-order valence-corrected chi connectivity index (χ1v) is 6.54. The van der Waals surface area contributed by atoms with Crippen molar-refractivity contribution in [3.8, 4) is 0 Å². The molecule has 2 nitrogen and oxygen atoms in total. The van der Waals surface area contributed by atoms with Crippen molar-refractivity contribution in [3.05, 3.63) is 34.9 Å². The molecule has 0 fully saturated rings. The van der Waals surface area contributed by atoms with E-state index < -0.39 is 5.97 Å². The van der Waals surface area contributed by atoms with Crippen LogP contribution in [0.1, 0.15) is 62.5 Å². The minimum absolute atomic E-state index is 0.0380. The normalized spacial score (nSPS) is 24.4. The molecule has 0 amide bonds. The van der Waals surface area contributed by atoms with Gasteiger partial charge in [-0.15, -0.1) is 0 Å². The molecule has 1 aliphatic carbocycles. The SMILES string of the molecule is CC1CC(C)(C)c2ccc(C(=O)O)cc2C1(C)C. The van der Waals surface area contributed by atoms with Crippen LogP contribution >= 0.6 is 0 Å². The van der Waals surface area contributed by atoms with Crippen LogP contribution in [0.3, 0.4) is 0 Å². The third-order valence-electron chi connectivity index (χ3n) is 4.74. The second kappa shape index (κ2) is 3.84. The summed E-state index contributed by atoms with van der Waals surface area (Å²) in [6.45, 7) is 11.2. The third-order valence-corrected chi connectivity index (χ3v) is 4.74. The van der Waals surface area contributed by atoms with Gasteiger partial charge < -0.3 is 5.11 Å². The van der Waals surface area contributed by atoms with Crippen LogP contribution in [0.25, 0.3) is 0 Å². The number of carbonyl (C=O) groups is 1. The molecule has 0 aliphatic heterocycles. The molecule has 1 unspecified atom stereocenters. The van der Waals surface area contributed by atoms with Crippen molar-refractivity contribution in [2.75, 3.05) is 0 Å². The smallest absolute Gasteiger partial charge is 0.335 e. The van der Waals surface area contributed by atoms with Gasteiger partial charge in [-0.2, -0.15) is 0 Å². The number of hydrogen-bond acceptors (Lipinski definition) is 1. The fourth-order valence-electron chi connectivity index (χ4n) is 3.20. The van der Waals surface area contributed by atoms with E-state index in [0.717, 1.165) is 6.42 Å². The summed E-state index contributed by atoms with van der Waals surface area (Å²) in [5.74, 6) is -0.298. The van der Waals surface area contributed by atoms with Gasteiger partial charge in [-0.1, -0.05) is 40.7 Å². The van der Waals surface area contributed by atoms with E-state index in [9.17, 15) is 4.79 Å². The topological polar surface area (TPSA) is 37.3 Å². The van der Waals surface area contributed by atoms with E-state index in [1.807, 2.05) is 12.1 Å². The van der Waals surface area contributed by atoms with Gasteiger partial charge in [0.25, 0.3) is 0 Å². The molecule has 18 heavy (non-hydrogen) atoms. The predicted molar refractivity (Wildman–Crippen MR) is 73.2 cm³/mol. The van der Waals surface area contributed by atoms with Crippen molar-refractivity contribution in [1.82, 2.24) is 0 Å². The molecule has 0 heterocycles. The Morgan fingerprint density at radius 2 is 1.83 bits per heavy atom. The van der Waals surface area contributed by atoms with Gasteiger partial charge in [0.15, 0.2) is 0 Å². The molecule has 1 aromatic rings. The van der Waals surface area contributed by atoms with Crippen LogP contribution < -0.4 is 0 Å². The van der Waals surface area contributed by atoms with E-state index in [4.69, 9.17) is 5.11 Å². The second-order valence-corrected chi connectivity index (χ2v) is 6.78. The van der Waals surface area contributed by atoms with Gasteiger partial charge in [0.05, 0.1) is 5.56 Å². The van der Waals surface area contributed by atoms with E-state index in [1.54, 1.807) is 6.07 Å². The highest BCUT2D eigenvalue weighted by atomic mass is 16.4. The largest absolute Gasteiger partial charge is 0.478 e. The lowest BCUT2D eigenvalue weighted by atomic mass is 9.58. The molecule has 2 rings (SSSR count). The standard InChI is InChI=1S/C16H22O2/c1-10-9-15(2,3)12-7-6-11(14(17)18)8-13(12)16(10,4)5/h6-8,10H,9H2,1-5H3,(H,17,18). The lowest BCUT2D eigenvalue weighted by Gasteiger charge is -2.46. The first-order chi connectivity index (χ1) is 8.16. The first-order valence-electron chi connectivity index (χ1n) is 6.54. The molecule has 0 aromatic heterocycles. The first kappa shape index (κ1) is 13.1. The predicted octanol–water partition coefficient (Wildman–Crippen LogP) is 3.98. The Morgan fingerprint density at radius 3 is 2.39 bits per heavy atom. The average Bonchev–Trinajstić information content (AvgIpc) is 2.26. The van der Waals surface area contributed by atoms with E-state index in [1.165, 1.54) is 11.1 Å². The maximum atomic E-state index is 11.1. The fraction of sp³-hybridized carbons (Fsp3) is 0.562. The number of rotatable bonds is 1. The molecule has 2 heteroatoms. The van der Waals surface area contributed by atoms with Crippen LogP contribution in [0.4, 0.5) is 0 Å². The highest BCUT2D eigenvalue weighted by molar-refractivity contribution is 5.88. The van der Waals surface area contributed by atoms with Crippen molar-refractivity contribution in [1.29, 1.82) is 0 Å². The molecular formula is C16H22O2. The van der Waals surface area contributed by atoms with Crippen LogP contribution in [0.5, 0.6) is 0 Å². The van der Waals surface area contributed by atoms with Gasteiger partial charge in [-0.05, 0) is 46.4 Å². The molecule has 0 radical (unpaired) electrons. The molecular weight excluding hydrogens is 224 g/mol. The molecule has 0 bridgehead atoms. The van der Waals surface area contributed by atoms with Crippen LogP contribution in [0, 0.1) is 5.92 Å². The van der Waals surface area contributed by atoms with Gasteiger partial charge in [0.2, 0.25) is 0 Å². The van der Waals surface area contributed by atoms with Crippen molar-refractivity contribution in [2.45, 2.75) is 51.9 Å². The van der Waals surface area contributed by atoms with Crippen LogP contribution in [0.2, 0.25) is 0 Å². The summed E-state index contributed by atoms with van der Waals surface area (Å²) in [5, 5.41) is 9.15. The number of carboxylic acids is 1. The van der Waals surface area contributed by atoms with Gasteiger partial charge in [-0.25, -0.2) is 4.79 Å². The van der Waals surface area contributed by atoms with Crippen LogP contribution in [0.15, 0.2) is 18.2 Å². The minimum Gasteiger partial charge on any atom is -0.478 e. The Labute approximate surface area is 109 Å². The average molecular weight is 246 g/mol.